The Bertz CT molecular complexity index is 883. The Morgan fingerprint density at radius 2 is 1.92 bits per heavy atom. The van der Waals surface area contributed by atoms with Crippen LogP contribution in [0.25, 0.3) is 5.69 Å². The van der Waals surface area contributed by atoms with Gasteiger partial charge in [-0.25, -0.2) is 0 Å². The van der Waals surface area contributed by atoms with Crippen LogP contribution in [-0.4, -0.2) is 42.8 Å². The number of pyridine rings is 2. The van der Waals surface area contributed by atoms with Crippen molar-refractivity contribution in [2.75, 3.05) is 13.2 Å². The fourth-order valence-electron chi connectivity index (χ4n) is 3.45. The van der Waals surface area contributed by atoms with E-state index in [0.29, 0.717) is 11.7 Å². The maximum absolute atomic E-state index is 9.54. The monoisotopic (exact) mass is 365 g/mol. The van der Waals surface area contributed by atoms with Gasteiger partial charge in [0, 0.05) is 42.7 Å². The summed E-state index contributed by atoms with van der Waals surface area (Å²) in [6.45, 7) is 0.491. The van der Waals surface area contributed by atoms with E-state index in [4.69, 9.17) is 12.2 Å². The molecule has 7 heteroatoms. The first-order chi connectivity index (χ1) is 12.8. The van der Waals surface area contributed by atoms with Crippen molar-refractivity contribution in [3.8, 4) is 5.69 Å². The Hall–Kier alpha value is -2.77. The highest BCUT2D eigenvalue weighted by molar-refractivity contribution is 7.80. The summed E-state index contributed by atoms with van der Waals surface area (Å²) in [5.74, 6) is 0. The quantitative estimate of drug-likeness (QED) is 0.676. The first kappa shape index (κ1) is 16.7. The second-order valence-corrected chi connectivity index (χ2v) is 6.44. The Kier molecular flexibility index (Phi) is 4.64. The molecule has 0 aromatic carbocycles. The summed E-state index contributed by atoms with van der Waals surface area (Å²) in [5.41, 5.74) is 3.02. The van der Waals surface area contributed by atoms with Crippen molar-refractivity contribution >= 4 is 17.3 Å². The zero-order valence-electron chi connectivity index (χ0n) is 14.1. The van der Waals surface area contributed by atoms with Crippen LogP contribution in [0.4, 0.5) is 0 Å². The summed E-state index contributed by atoms with van der Waals surface area (Å²) in [7, 11) is 0. The number of β-amino-alcohol motifs (C(OH)–C–C–N with tert-alkyl or cyclic N) is 1. The van der Waals surface area contributed by atoms with Gasteiger partial charge in [-0.3, -0.25) is 9.97 Å². The summed E-state index contributed by atoms with van der Waals surface area (Å²) in [4.78, 5) is 10.7. The van der Waals surface area contributed by atoms with E-state index in [2.05, 4.69) is 25.9 Å². The third-order valence-corrected chi connectivity index (χ3v) is 4.92. The van der Waals surface area contributed by atoms with E-state index in [1.54, 1.807) is 18.6 Å². The average Bonchev–Trinajstić information content (AvgIpc) is 3.28. The largest absolute Gasteiger partial charge is 0.395 e. The SMILES string of the molecule is OCCN1C(=S)N[C@@H](c2ccccn2)[C@@H]1c1cccn1-c1ccncc1. The van der Waals surface area contributed by atoms with Gasteiger partial charge in [0.1, 0.15) is 0 Å². The molecule has 0 radical (unpaired) electrons. The zero-order valence-corrected chi connectivity index (χ0v) is 14.9. The van der Waals surface area contributed by atoms with Crippen LogP contribution in [0.3, 0.4) is 0 Å². The molecule has 0 saturated carbocycles. The minimum atomic E-state index is -0.0919. The number of aromatic nitrogens is 3. The molecule has 2 atom stereocenters. The van der Waals surface area contributed by atoms with Crippen LogP contribution < -0.4 is 5.32 Å². The van der Waals surface area contributed by atoms with Gasteiger partial charge in [0.25, 0.3) is 0 Å². The van der Waals surface area contributed by atoms with Crippen molar-refractivity contribution in [1.82, 2.24) is 24.8 Å². The second kappa shape index (κ2) is 7.23. The molecular weight excluding hydrogens is 346 g/mol. The van der Waals surface area contributed by atoms with E-state index < -0.39 is 0 Å². The lowest BCUT2D eigenvalue weighted by molar-refractivity contribution is 0.220. The van der Waals surface area contributed by atoms with Gasteiger partial charge in [-0.15, -0.1) is 0 Å². The molecule has 0 unspecified atom stereocenters. The van der Waals surface area contributed by atoms with Gasteiger partial charge in [-0.05, 0) is 48.6 Å². The van der Waals surface area contributed by atoms with E-state index >= 15 is 0 Å². The molecule has 0 bridgehead atoms. The standard InChI is InChI=1S/C19H19N5OS/c25-13-12-24-18(17(22-19(24)26)15-4-1-2-8-21-15)16-5-3-11-23(16)14-6-9-20-10-7-14/h1-11,17-18,25H,12-13H2,(H,22,26)/t17-,18-/m0/s1. The van der Waals surface area contributed by atoms with Gasteiger partial charge in [0.15, 0.2) is 5.11 Å². The predicted octanol–water partition coefficient (Wildman–Crippen LogP) is 2.23. The molecule has 1 fully saturated rings. The number of aliphatic hydroxyl groups is 1. The Labute approximate surface area is 157 Å². The number of hydrogen-bond donors (Lipinski definition) is 2. The molecule has 1 aliphatic rings. The van der Waals surface area contributed by atoms with Crippen LogP contribution in [0.5, 0.6) is 0 Å². The van der Waals surface area contributed by atoms with E-state index in [1.807, 2.05) is 47.5 Å². The fraction of sp³-hybridized carbons (Fsp3) is 0.211. The summed E-state index contributed by atoms with van der Waals surface area (Å²) < 4.78 is 2.13. The van der Waals surface area contributed by atoms with Gasteiger partial charge < -0.3 is 19.9 Å². The molecule has 6 nitrogen and oxygen atoms in total. The van der Waals surface area contributed by atoms with Crippen LogP contribution in [0, 0.1) is 0 Å². The first-order valence-electron chi connectivity index (χ1n) is 8.46. The number of nitrogens with zero attached hydrogens (tertiary/aromatic N) is 4. The molecule has 1 aliphatic heterocycles. The third kappa shape index (κ3) is 2.95. The van der Waals surface area contributed by atoms with Crippen LogP contribution in [0.1, 0.15) is 23.5 Å². The maximum Gasteiger partial charge on any atom is 0.170 e. The Morgan fingerprint density at radius 1 is 1.08 bits per heavy atom. The Balaban J connectivity index is 1.81. The summed E-state index contributed by atoms with van der Waals surface area (Å²) in [6, 6.07) is 13.7. The highest BCUT2D eigenvalue weighted by Crippen LogP contribution is 2.39. The van der Waals surface area contributed by atoms with Crippen molar-refractivity contribution in [1.29, 1.82) is 0 Å². The summed E-state index contributed by atoms with van der Waals surface area (Å²) >= 11 is 5.55. The number of nitrogens with one attached hydrogen (secondary N) is 1. The predicted molar refractivity (Wildman–Crippen MR) is 103 cm³/mol. The molecule has 3 aromatic heterocycles. The number of hydrogen-bond acceptors (Lipinski definition) is 4. The first-order valence-corrected chi connectivity index (χ1v) is 8.87. The number of thiocarbonyl (C=S) groups is 1. The van der Waals surface area contributed by atoms with Crippen molar-refractivity contribution in [2.45, 2.75) is 12.1 Å². The smallest absolute Gasteiger partial charge is 0.170 e. The van der Waals surface area contributed by atoms with Crippen molar-refractivity contribution < 1.29 is 5.11 Å². The van der Waals surface area contributed by atoms with Crippen LogP contribution in [-0.2, 0) is 0 Å². The summed E-state index contributed by atoms with van der Waals surface area (Å²) in [6.07, 6.45) is 7.36. The summed E-state index contributed by atoms with van der Waals surface area (Å²) in [5, 5.41) is 13.6. The third-order valence-electron chi connectivity index (χ3n) is 4.56. The second-order valence-electron chi connectivity index (χ2n) is 6.05. The molecule has 0 spiro atoms. The molecule has 3 aromatic rings. The van der Waals surface area contributed by atoms with Gasteiger partial charge in [-0.2, -0.15) is 0 Å². The molecule has 132 valence electrons. The van der Waals surface area contributed by atoms with Crippen LogP contribution in [0.15, 0.2) is 67.3 Å². The Morgan fingerprint density at radius 3 is 2.65 bits per heavy atom. The topological polar surface area (TPSA) is 66.2 Å². The average molecular weight is 365 g/mol. The molecule has 26 heavy (non-hydrogen) atoms. The fourth-order valence-corrected chi connectivity index (χ4v) is 3.78. The van der Waals surface area contributed by atoms with Crippen LogP contribution >= 0.6 is 12.2 Å². The van der Waals surface area contributed by atoms with E-state index in [0.717, 1.165) is 17.1 Å². The minimum Gasteiger partial charge on any atom is -0.395 e. The van der Waals surface area contributed by atoms with Gasteiger partial charge in [0.05, 0.1) is 24.4 Å². The highest BCUT2D eigenvalue weighted by Gasteiger charge is 2.40. The lowest BCUT2D eigenvalue weighted by atomic mass is 10.0. The maximum atomic E-state index is 9.54. The van der Waals surface area contributed by atoms with E-state index in [-0.39, 0.29) is 18.7 Å². The van der Waals surface area contributed by atoms with Crippen LogP contribution in [0.2, 0.25) is 0 Å². The minimum absolute atomic E-state index is 0.0310. The molecule has 2 N–H and O–H groups in total. The lowest BCUT2D eigenvalue weighted by Gasteiger charge is -2.28. The molecule has 4 heterocycles. The lowest BCUT2D eigenvalue weighted by Crippen LogP contribution is -2.32. The highest BCUT2D eigenvalue weighted by atomic mass is 32.1. The van der Waals surface area contributed by atoms with Gasteiger partial charge in [-0.1, -0.05) is 6.07 Å². The molecular formula is C19H19N5OS. The normalized spacial score (nSPS) is 19.6. The van der Waals surface area contributed by atoms with E-state index in [9.17, 15) is 5.11 Å². The van der Waals surface area contributed by atoms with Gasteiger partial charge >= 0.3 is 0 Å². The zero-order chi connectivity index (χ0) is 17.9. The van der Waals surface area contributed by atoms with Crippen molar-refractivity contribution in [3.05, 3.63) is 78.6 Å². The van der Waals surface area contributed by atoms with Crippen molar-refractivity contribution in [2.24, 2.45) is 0 Å². The van der Waals surface area contributed by atoms with Gasteiger partial charge in [0.2, 0.25) is 0 Å². The molecule has 0 aliphatic carbocycles. The molecule has 1 saturated heterocycles. The van der Waals surface area contributed by atoms with Crippen molar-refractivity contribution in [3.63, 3.8) is 0 Å². The number of aliphatic hydroxyl groups excluding tert-OH is 1. The molecule has 0 amide bonds. The van der Waals surface area contributed by atoms with E-state index in [1.165, 1.54) is 0 Å². The molecule has 4 rings (SSSR count). The number of rotatable bonds is 5.